The van der Waals surface area contributed by atoms with E-state index in [4.69, 9.17) is 11.6 Å². The van der Waals surface area contributed by atoms with Crippen LogP contribution in [0.5, 0.6) is 0 Å². The molecule has 0 radical (unpaired) electrons. The molecule has 1 aliphatic rings. The third-order valence-corrected chi connectivity index (χ3v) is 5.05. The number of benzene rings is 2. The summed E-state index contributed by atoms with van der Waals surface area (Å²) in [6.07, 6.45) is 0. The molecule has 1 fully saturated rings. The smallest absolute Gasteiger partial charge is 0.255 e. The van der Waals surface area contributed by atoms with Gasteiger partial charge in [0.05, 0.1) is 17.1 Å². The van der Waals surface area contributed by atoms with Crippen LogP contribution in [-0.4, -0.2) is 54.3 Å². The molecule has 0 aromatic heterocycles. The zero-order chi connectivity index (χ0) is 18.5. The van der Waals surface area contributed by atoms with Gasteiger partial charge in [-0.1, -0.05) is 45.7 Å². The summed E-state index contributed by atoms with van der Waals surface area (Å²) in [4.78, 5) is 28.6. The summed E-state index contributed by atoms with van der Waals surface area (Å²) in [5.41, 5.74) is 1.29. The van der Waals surface area contributed by atoms with Crippen LogP contribution in [0.4, 0.5) is 5.69 Å². The third-order valence-electron chi connectivity index (χ3n) is 4.25. The maximum atomic E-state index is 12.6. The van der Waals surface area contributed by atoms with E-state index in [1.807, 2.05) is 41.3 Å². The van der Waals surface area contributed by atoms with Gasteiger partial charge in [0.25, 0.3) is 5.91 Å². The Bertz CT molecular complexity index is 793. The van der Waals surface area contributed by atoms with Crippen LogP contribution in [-0.2, 0) is 4.79 Å². The lowest BCUT2D eigenvalue weighted by molar-refractivity contribution is -0.117. The van der Waals surface area contributed by atoms with E-state index in [0.717, 1.165) is 10.2 Å². The van der Waals surface area contributed by atoms with Gasteiger partial charge in [0, 0.05) is 36.3 Å². The standard InChI is InChI=1S/C19H19BrClN3O2/c20-14-6-7-16(17(21)12-14)19(26)24-10-8-23(9-11-24)13-18(25)22-15-4-2-1-3-5-15/h1-7,12H,8-11,13H2,(H,22,25). The Morgan fingerprint density at radius 3 is 2.38 bits per heavy atom. The lowest BCUT2D eigenvalue weighted by atomic mass is 10.2. The highest BCUT2D eigenvalue weighted by Gasteiger charge is 2.24. The molecule has 1 aliphatic heterocycles. The minimum absolute atomic E-state index is 0.0491. The number of anilines is 1. The van der Waals surface area contributed by atoms with Gasteiger partial charge in [-0.2, -0.15) is 0 Å². The van der Waals surface area contributed by atoms with Gasteiger partial charge in [-0.15, -0.1) is 0 Å². The number of hydrogen-bond donors (Lipinski definition) is 1. The van der Waals surface area contributed by atoms with E-state index in [1.54, 1.807) is 17.0 Å². The number of carbonyl (C=O) groups excluding carboxylic acids is 2. The predicted molar refractivity (Wildman–Crippen MR) is 107 cm³/mol. The molecule has 2 amide bonds. The van der Waals surface area contributed by atoms with Gasteiger partial charge >= 0.3 is 0 Å². The quantitative estimate of drug-likeness (QED) is 0.798. The topological polar surface area (TPSA) is 52.7 Å². The highest BCUT2D eigenvalue weighted by molar-refractivity contribution is 9.10. The second-order valence-electron chi connectivity index (χ2n) is 6.11. The van der Waals surface area contributed by atoms with Crippen molar-refractivity contribution in [2.45, 2.75) is 0 Å². The molecule has 1 heterocycles. The molecule has 0 saturated carbocycles. The SMILES string of the molecule is O=C(CN1CCN(C(=O)c2ccc(Br)cc2Cl)CC1)Nc1ccccc1. The van der Waals surface area contributed by atoms with Crippen molar-refractivity contribution >= 4 is 45.0 Å². The van der Waals surface area contributed by atoms with E-state index in [1.165, 1.54) is 0 Å². The van der Waals surface area contributed by atoms with Crippen molar-refractivity contribution in [3.05, 3.63) is 63.6 Å². The number of nitrogens with one attached hydrogen (secondary N) is 1. The Kier molecular flexibility index (Phi) is 6.29. The average Bonchev–Trinajstić information content (AvgIpc) is 2.62. The van der Waals surface area contributed by atoms with Crippen molar-refractivity contribution in [3.63, 3.8) is 0 Å². The van der Waals surface area contributed by atoms with Gasteiger partial charge in [0.15, 0.2) is 0 Å². The maximum Gasteiger partial charge on any atom is 0.255 e. The second kappa shape index (κ2) is 8.66. The van der Waals surface area contributed by atoms with Crippen LogP contribution in [0.25, 0.3) is 0 Å². The van der Waals surface area contributed by atoms with Gasteiger partial charge < -0.3 is 10.2 Å². The maximum absolute atomic E-state index is 12.6. The van der Waals surface area contributed by atoms with Gasteiger partial charge in [-0.25, -0.2) is 0 Å². The van der Waals surface area contributed by atoms with Crippen LogP contribution in [0.2, 0.25) is 5.02 Å². The van der Waals surface area contributed by atoms with Crippen LogP contribution in [0.1, 0.15) is 10.4 Å². The average molecular weight is 437 g/mol. The first kappa shape index (κ1) is 18.9. The highest BCUT2D eigenvalue weighted by atomic mass is 79.9. The largest absolute Gasteiger partial charge is 0.336 e. The summed E-state index contributed by atoms with van der Waals surface area (Å²) in [6.45, 7) is 2.77. The lowest BCUT2D eigenvalue weighted by Gasteiger charge is -2.34. The number of halogens is 2. The normalized spacial score (nSPS) is 14.9. The van der Waals surface area contributed by atoms with Crippen LogP contribution in [0, 0.1) is 0 Å². The Balaban J connectivity index is 1.51. The Morgan fingerprint density at radius 2 is 1.73 bits per heavy atom. The zero-order valence-corrected chi connectivity index (χ0v) is 16.5. The summed E-state index contributed by atoms with van der Waals surface area (Å²) in [5.74, 6) is -0.122. The monoisotopic (exact) mass is 435 g/mol. The van der Waals surface area contributed by atoms with Gasteiger partial charge in [-0.3, -0.25) is 14.5 Å². The number of amides is 2. The summed E-state index contributed by atoms with van der Waals surface area (Å²) in [5, 5.41) is 3.32. The fourth-order valence-corrected chi connectivity index (χ4v) is 3.62. The van der Waals surface area contributed by atoms with Gasteiger partial charge in [0.1, 0.15) is 0 Å². The van der Waals surface area contributed by atoms with Crippen LogP contribution >= 0.6 is 27.5 Å². The minimum Gasteiger partial charge on any atom is -0.336 e. The Morgan fingerprint density at radius 1 is 1.04 bits per heavy atom. The van der Waals surface area contributed by atoms with E-state index in [9.17, 15) is 9.59 Å². The zero-order valence-electron chi connectivity index (χ0n) is 14.1. The summed E-state index contributed by atoms with van der Waals surface area (Å²) in [7, 11) is 0. The number of hydrogen-bond acceptors (Lipinski definition) is 3. The van der Waals surface area contributed by atoms with E-state index in [-0.39, 0.29) is 11.8 Å². The van der Waals surface area contributed by atoms with Gasteiger partial charge in [-0.05, 0) is 30.3 Å². The number of piperazine rings is 1. The predicted octanol–water partition coefficient (Wildman–Crippen LogP) is 3.50. The van der Waals surface area contributed by atoms with Crippen molar-refractivity contribution in [1.82, 2.24) is 9.80 Å². The first-order valence-electron chi connectivity index (χ1n) is 8.34. The van der Waals surface area contributed by atoms with E-state index < -0.39 is 0 Å². The molecule has 7 heteroatoms. The van der Waals surface area contributed by atoms with Crippen molar-refractivity contribution in [1.29, 1.82) is 0 Å². The molecular formula is C19H19BrClN3O2. The molecule has 0 atom stereocenters. The summed E-state index contributed by atoms with van der Waals surface area (Å²) >= 11 is 9.52. The molecule has 2 aromatic rings. The first-order chi connectivity index (χ1) is 12.5. The third kappa shape index (κ3) is 4.84. The van der Waals surface area contributed by atoms with Crippen molar-refractivity contribution in [2.75, 3.05) is 38.0 Å². The van der Waals surface area contributed by atoms with Crippen molar-refractivity contribution in [3.8, 4) is 0 Å². The molecule has 0 aliphatic carbocycles. The summed E-state index contributed by atoms with van der Waals surface area (Å²) in [6, 6.07) is 14.6. The fourth-order valence-electron chi connectivity index (χ4n) is 2.87. The van der Waals surface area contributed by atoms with Gasteiger partial charge in [0.2, 0.25) is 5.91 Å². The molecule has 1 saturated heterocycles. The van der Waals surface area contributed by atoms with E-state index in [0.29, 0.717) is 43.3 Å². The highest BCUT2D eigenvalue weighted by Crippen LogP contribution is 2.23. The summed E-state index contributed by atoms with van der Waals surface area (Å²) < 4.78 is 0.841. The van der Waals surface area contributed by atoms with Crippen LogP contribution in [0.3, 0.4) is 0 Å². The van der Waals surface area contributed by atoms with E-state index >= 15 is 0 Å². The lowest BCUT2D eigenvalue weighted by Crippen LogP contribution is -2.50. The molecule has 5 nitrogen and oxygen atoms in total. The molecule has 26 heavy (non-hydrogen) atoms. The van der Waals surface area contributed by atoms with Crippen LogP contribution < -0.4 is 5.32 Å². The second-order valence-corrected chi connectivity index (χ2v) is 7.43. The number of carbonyl (C=O) groups is 2. The number of nitrogens with zero attached hydrogens (tertiary/aromatic N) is 2. The minimum atomic E-state index is -0.0733. The Labute approximate surface area is 166 Å². The molecule has 3 rings (SSSR count). The first-order valence-corrected chi connectivity index (χ1v) is 9.51. The Hall–Kier alpha value is -1.89. The van der Waals surface area contributed by atoms with Crippen LogP contribution in [0.15, 0.2) is 53.0 Å². The molecule has 0 bridgehead atoms. The molecule has 0 unspecified atom stereocenters. The number of rotatable bonds is 4. The fraction of sp³-hybridized carbons (Fsp3) is 0.263. The molecule has 2 aromatic carbocycles. The molecule has 136 valence electrons. The van der Waals surface area contributed by atoms with E-state index in [2.05, 4.69) is 21.2 Å². The molecule has 0 spiro atoms. The molecular weight excluding hydrogens is 418 g/mol. The van der Waals surface area contributed by atoms with Crippen molar-refractivity contribution in [2.24, 2.45) is 0 Å². The van der Waals surface area contributed by atoms with Crippen molar-refractivity contribution < 1.29 is 9.59 Å². The molecule has 1 N–H and O–H groups in total. The number of para-hydroxylation sites is 1.